The van der Waals surface area contributed by atoms with Gasteiger partial charge in [-0.05, 0) is 5.92 Å². The predicted molar refractivity (Wildman–Crippen MR) is 58.3 cm³/mol. The Labute approximate surface area is 94.4 Å². The maximum Gasteiger partial charge on any atom is 0.313 e. The standard InChI is InChI=1S/C11H16N2O3/c1-7(2)11-8(6-13(3)12-11)9(14)5-10(15)16-4/h6-7H,5H2,1-4H3. The number of Topliss-reactive ketones (excluding diaryl/α,β-unsaturated/α-hetero) is 1. The topological polar surface area (TPSA) is 61.2 Å². The second-order valence-electron chi connectivity index (χ2n) is 3.93. The first-order valence-electron chi connectivity index (χ1n) is 5.09. The molecule has 0 unspecified atom stereocenters. The lowest BCUT2D eigenvalue weighted by Crippen LogP contribution is -2.11. The first-order chi connectivity index (χ1) is 7.45. The van der Waals surface area contributed by atoms with E-state index in [9.17, 15) is 9.59 Å². The largest absolute Gasteiger partial charge is 0.469 e. The van der Waals surface area contributed by atoms with Crippen molar-refractivity contribution < 1.29 is 14.3 Å². The summed E-state index contributed by atoms with van der Waals surface area (Å²) in [6.45, 7) is 3.91. The first kappa shape index (κ1) is 12.4. The van der Waals surface area contributed by atoms with Gasteiger partial charge in [-0.3, -0.25) is 14.3 Å². The molecule has 0 N–H and O–H groups in total. The molecule has 1 heterocycles. The molecule has 5 nitrogen and oxygen atoms in total. The Morgan fingerprint density at radius 2 is 2.12 bits per heavy atom. The number of methoxy groups -OCH3 is 1. The fraction of sp³-hybridized carbons (Fsp3) is 0.545. The molecular formula is C11H16N2O3. The van der Waals surface area contributed by atoms with Gasteiger partial charge in [-0.15, -0.1) is 0 Å². The molecule has 0 saturated heterocycles. The Kier molecular flexibility index (Phi) is 3.82. The van der Waals surface area contributed by atoms with E-state index in [2.05, 4.69) is 9.84 Å². The molecule has 1 aromatic heterocycles. The minimum absolute atomic E-state index is 0.151. The summed E-state index contributed by atoms with van der Waals surface area (Å²) in [7, 11) is 3.02. The number of aryl methyl sites for hydroxylation is 1. The van der Waals surface area contributed by atoms with Crippen LogP contribution in [0.5, 0.6) is 0 Å². The van der Waals surface area contributed by atoms with E-state index in [1.54, 1.807) is 17.9 Å². The van der Waals surface area contributed by atoms with Gasteiger partial charge in [0.15, 0.2) is 5.78 Å². The second kappa shape index (κ2) is 4.92. The number of aromatic nitrogens is 2. The maximum atomic E-state index is 11.8. The summed E-state index contributed by atoms with van der Waals surface area (Å²) in [6.07, 6.45) is 1.41. The summed E-state index contributed by atoms with van der Waals surface area (Å²) < 4.78 is 6.05. The average molecular weight is 224 g/mol. The van der Waals surface area contributed by atoms with Crippen LogP contribution in [0.2, 0.25) is 0 Å². The van der Waals surface area contributed by atoms with Crippen LogP contribution in [0.4, 0.5) is 0 Å². The molecule has 0 aliphatic carbocycles. The van der Waals surface area contributed by atoms with Crippen molar-refractivity contribution in [2.24, 2.45) is 7.05 Å². The number of nitrogens with zero attached hydrogens (tertiary/aromatic N) is 2. The van der Waals surface area contributed by atoms with Crippen LogP contribution in [0.1, 0.15) is 42.2 Å². The van der Waals surface area contributed by atoms with Crippen molar-refractivity contribution in [2.45, 2.75) is 26.2 Å². The van der Waals surface area contributed by atoms with Crippen molar-refractivity contribution in [3.63, 3.8) is 0 Å². The summed E-state index contributed by atoms with van der Waals surface area (Å²) in [5.41, 5.74) is 1.22. The monoisotopic (exact) mass is 224 g/mol. The van der Waals surface area contributed by atoms with Crippen LogP contribution in [0.3, 0.4) is 0 Å². The molecule has 0 fully saturated rings. The van der Waals surface area contributed by atoms with Gasteiger partial charge in [-0.2, -0.15) is 5.10 Å². The van der Waals surface area contributed by atoms with E-state index in [0.29, 0.717) is 5.56 Å². The number of carbonyl (C=O) groups excluding carboxylic acids is 2. The highest BCUT2D eigenvalue weighted by Crippen LogP contribution is 2.18. The minimum Gasteiger partial charge on any atom is -0.469 e. The van der Waals surface area contributed by atoms with Gasteiger partial charge in [0.2, 0.25) is 0 Å². The summed E-state index contributed by atoms with van der Waals surface area (Å²) in [4.78, 5) is 22.8. The van der Waals surface area contributed by atoms with Crippen molar-refractivity contribution >= 4 is 11.8 Å². The van der Waals surface area contributed by atoms with E-state index < -0.39 is 5.97 Å². The lowest BCUT2D eigenvalue weighted by molar-refractivity contribution is -0.139. The first-order valence-corrected chi connectivity index (χ1v) is 5.09. The highest BCUT2D eigenvalue weighted by molar-refractivity contribution is 6.06. The highest BCUT2D eigenvalue weighted by atomic mass is 16.5. The molecule has 0 saturated carbocycles. The van der Waals surface area contributed by atoms with E-state index in [1.807, 2.05) is 13.8 Å². The molecule has 0 aromatic carbocycles. The zero-order valence-corrected chi connectivity index (χ0v) is 9.98. The average Bonchev–Trinajstić information content (AvgIpc) is 2.60. The third-order valence-corrected chi connectivity index (χ3v) is 2.24. The number of ketones is 1. The van der Waals surface area contributed by atoms with Crippen LogP contribution in [-0.2, 0) is 16.6 Å². The number of hydrogen-bond donors (Lipinski definition) is 0. The van der Waals surface area contributed by atoms with Crippen LogP contribution in [-0.4, -0.2) is 28.6 Å². The Morgan fingerprint density at radius 1 is 1.50 bits per heavy atom. The van der Waals surface area contributed by atoms with Gasteiger partial charge >= 0.3 is 5.97 Å². The molecule has 0 spiro atoms. The van der Waals surface area contributed by atoms with Crippen LogP contribution in [0, 0.1) is 0 Å². The fourth-order valence-corrected chi connectivity index (χ4v) is 1.45. The third-order valence-electron chi connectivity index (χ3n) is 2.24. The van der Waals surface area contributed by atoms with Crippen molar-refractivity contribution in [2.75, 3.05) is 7.11 Å². The lowest BCUT2D eigenvalue weighted by Gasteiger charge is -2.03. The summed E-state index contributed by atoms with van der Waals surface area (Å²) in [5, 5.41) is 4.21. The number of esters is 1. The molecule has 16 heavy (non-hydrogen) atoms. The predicted octanol–water partition coefficient (Wildman–Crippen LogP) is 1.29. The Balaban J connectivity index is 2.94. The van der Waals surface area contributed by atoms with Crippen LogP contribution >= 0.6 is 0 Å². The minimum atomic E-state index is -0.524. The quantitative estimate of drug-likeness (QED) is 0.439. The van der Waals surface area contributed by atoms with Crippen molar-refractivity contribution in [1.29, 1.82) is 0 Å². The molecule has 1 aromatic rings. The van der Waals surface area contributed by atoms with E-state index in [-0.39, 0.29) is 18.1 Å². The zero-order chi connectivity index (χ0) is 12.3. The second-order valence-corrected chi connectivity index (χ2v) is 3.93. The van der Waals surface area contributed by atoms with Gasteiger partial charge in [0.05, 0.1) is 18.4 Å². The Morgan fingerprint density at radius 3 is 2.62 bits per heavy atom. The number of hydrogen-bond acceptors (Lipinski definition) is 4. The van der Waals surface area contributed by atoms with Crippen molar-refractivity contribution in [3.05, 3.63) is 17.5 Å². The lowest BCUT2D eigenvalue weighted by atomic mass is 10.0. The fourth-order valence-electron chi connectivity index (χ4n) is 1.45. The summed E-state index contributed by atoms with van der Waals surface area (Å²) >= 11 is 0. The van der Waals surface area contributed by atoms with Gasteiger partial charge in [-0.1, -0.05) is 13.8 Å². The zero-order valence-electron chi connectivity index (χ0n) is 9.98. The Bertz CT molecular complexity index is 407. The molecule has 0 amide bonds. The van der Waals surface area contributed by atoms with E-state index in [0.717, 1.165) is 5.69 Å². The summed E-state index contributed by atoms with van der Waals surface area (Å²) in [6, 6.07) is 0. The van der Waals surface area contributed by atoms with E-state index in [1.165, 1.54) is 7.11 Å². The number of carbonyl (C=O) groups is 2. The van der Waals surface area contributed by atoms with Crippen molar-refractivity contribution in [3.8, 4) is 0 Å². The number of rotatable bonds is 4. The van der Waals surface area contributed by atoms with Crippen LogP contribution in [0.25, 0.3) is 0 Å². The van der Waals surface area contributed by atoms with Crippen LogP contribution in [0.15, 0.2) is 6.20 Å². The molecule has 88 valence electrons. The Hall–Kier alpha value is -1.65. The maximum absolute atomic E-state index is 11.8. The molecule has 5 heteroatoms. The molecule has 0 radical (unpaired) electrons. The van der Waals surface area contributed by atoms with Gasteiger partial charge < -0.3 is 4.74 Å². The smallest absolute Gasteiger partial charge is 0.313 e. The molecule has 1 rings (SSSR count). The molecule has 0 aliphatic heterocycles. The normalized spacial score (nSPS) is 10.6. The number of ether oxygens (including phenoxy) is 1. The SMILES string of the molecule is COC(=O)CC(=O)c1cn(C)nc1C(C)C. The van der Waals surface area contributed by atoms with Gasteiger partial charge in [0.1, 0.15) is 6.42 Å². The summed E-state index contributed by atoms with van der Waals surface area (Å²) in [5.74, 6) is -0.620. The molecule has 0 bridgehead atoms. The van der Waals surface area contributed by atoms with Crippen molar-refractivity contribution in [1.82, 2.24) is 9.78 Å². The third kappa shape index (κ3) is 2.68. The van der Waals surface area contributed by atoms with Gasteiger partial charge in [0.25, 0.3) is 0 Å². The molecule has 0 aliphatic rings. The van der Waals surface area contributed by atoms with Crippen LogP contribution < -0.4 is 0 Å². The van der Waals surface area contributed by atoms with E-state index >= 15 is 0 Å². The van der Waals surface area contributed by atoms with Gasteiger partial charge in [-0.25, -0.2) is 0 Å². The van der Waals surface area contributed by atoms with Gasteiger partial charge in [0, 0.05) is 13.2 Å². The van der Waals surface area contributed by atoms with E-state index in [4.69, 9.17) is 0 Å². The highest BCUT2D eigenvalue weighted by Gasteiger charge is 2.20. The molecular weight excluding hydrogens is 208 g/mol. The molecule has 0 atom stereocenters.